The first-order valence-electron chi connectivity index (χ1n) is 7.63. The highest BCUT2D eigenvalue weighted by Gasteiger charge is 2.04. The van der Waals surface area contributed by atoms with E-state index >= 15 is 0 Å². The van der Waals surface area contributed by atoms with Gasteiger partial charge in [0.05, 0.1) is 6.54 Å². The van der Waals surface area contributed by atoms with Gasteiger partial charge in [-0.05, 0) is 61.4 Å². The highest BCUT2D eigenvalue weighted by molar-refractivity contribution is 14.0. The molecule has 0 atom stereocenters. The number of aryl methyl sites for hydroxylation is 2. The van der Waals surface area contributed by atoms with Gasteiger partial charge in [-0.15, -0.1) is 24.0 Å². The number of guanidine groups is 1. The number of anilines is 1. The van der Waals surface area contributed by atoms with Crippen molar-refractivity contribution in [1.29, 1.82) is 0 Å². The average molecular weight is 517 g/mol. The highest BCUT2D eigenvalue weighted by atomic mass is 127. The van der Waals surface area contributed by atoms with Gasteiger partial charge in [-0.25, -0.2) is 0 Å². The second-order valence-corrected chi connectivity index (χ2v) is 6.37. The number of amides is 1. The molecule has 0 fully saturated rings. The van der Waals surface area contributed by atoms with Gasteiger partial charge in [0.2, 0.25) is 0 Å². The summed E-state index contributed by atoms with van der Waals surface area (Å²) in [5.74, 6) is 0.203. The molecule has 4 N–H and O–H groups in total. The fourth-order valence-corrected chi connectivity index (χ4v) is 2.32. The third kappa shape index (κ3) is 7.03. The van der Waals surface area contributed by atoms with Crippen LogP contribution in [0.25, 0.3) is 0 Å². The quantitative estimate of drug-likeness (QED) is 0.244. The third-order valence-electron chi connectivity index (χ3n) is 3.57. The zero-order chi connectivity index (χ0) is 17.5. The summed E-state index contributed by atoms with van der Waals surface area (Å²) in [6.07, 6.45) is 0. The molecule has 0 aliphatic rings. The van der Waals surface area contributed by atoms with Crippen LogP contribution in [-0.4, -0.2) is 25.0 Å². The molecule has 0 unspecified atom stereocenters. The van der Waals surface area contributed by atoms with Crippen molar-refractivity contribution < 1.29 is 4.79 Å². The average Bonchev–Trinajstić information content (AvgIpc) is 2.55. The zero-order valence-electron chi connectivity index (χ0n) is 14.2. The Balaban J connectivity index is 0.00000312. The molecule has 2 rings (SSSR count). The summed E-state index contributed by atoms with van der Waals surface area (Å²) >= 11 is 3.34. The van der Waals surface area contributed by atoms with Gasteiger partial charge in [0.1, 0.15) is 0 Å². The maximum Gasteiger partial charge on any atom is 0.251 e. The van der Waals surface area contributed by atoms with Gasteiger partial charge in [-0.3, -0.25) is 9.79 Å². The summed E-state index contributed by atoms with van der Waals surface area (Å²) in [7, 11) is 0. The summed E-state index contributed by atoms with van der Waals surface area (Å²) in [4.78, 5) is 16.2. The smallest absolute Gasteiger partial charge is 0.251 e. The van der Waals surface area contributed by atoms with Crippen molar-refractivity contribution in [3.05, 3.63) is 63.6 Å². The van der Waals surface area contributed by atoms with Gasteiger partial charge in [0.25, 0.3) is 5.91 Å². The molecule has 7 heteroatoms. The largest absolute Gasteiger partial charge is 0.370 e. The van der Waals surface area contributed by atoms with Crippen LogP contribution in [0.1, 0.15) is 21.5 Å². The van der Waals surface area contributed by atoms with E-state index < -0.39 is 0 Å². The Labute approximate surface area is 173 Å². The molecular weight excluding hydrogens is 495 g/mol. The van der Waals surface area contributed by atoms with Crippen molar-refractivity contribution in [2.24, 2.45) is 10.7 Å². The minimum Gasteiger partial charge on any atom is -0.370 e. The van der Waals surface area contributed by atoms with Crippen molar-refractivity contribution in [2.45, 2.75) is 13.8 Å². The molecule has 1 amide bonds. The lowest BCUT2D eigenvalue weighted by molar-refractivity contribution is 0.0955. The number of nitrogens with zero attached hydrogens (tertiary/aromatic N) is 1. The number of nitrogens with two attached hydrogens (primary N) is 1. The van der Waals surface area contributed by atoms with Crippen LogP contribution in [0.5, 0.6) is 0 Å². The molecule has 0 heterocycles. The van der Waals surface area contributed by atoms with Crippen molar-refractivity contribution in [3.63, 3.8) is 0 Å². The molecule has 0 aliphatic carbocycles. The molecule has 0 aliphatic heterocycles. The fraction of sp³-hybridized carbons (Fsp3) is 0.222. The van der Waals surface area contributed by atoms with E-state index in [1.54, 1.807) is 12.1 Å². The van der Waals surface area contributed by atoms with Crippen molar-refractivity contribution in [3.8, 4) is 0 Å². The number of carbonyl (C=O) groups is 1. The highest BCUT2D eigenvalue weighted by Crippen LogP contribution is 2.13. The summed E-state index contributed by atoms with van der Waals surface area (Å²) in [5.41, 5.74) is 9.79. The van der Waals surface area contributed by atoms with Crippen LogP contribution in [0.4, 0.5) is 5.69 Å². The molecule has 0 aromatic heterocycles. The summed E-state index contributed by atoms with van der Waals surface area (Å²) < 4.78 is 0.939. The Morgan fingerprint density at radius 2 is 1.80 bits per heavy atom. The number of aliphatic imine (C=N–C) groups is 1. The van der Waals surface area contributed by atoms with Crippen LogP contribution in [0.15, 0.2) is 51.9 Å². The Kier molecular flexibility index (Phi) is 8.91. The number of hydrogen-bond donors (Lipinski definition) is 3. The lowest BCUT2D eigenvalue weighted by Crippen LogP contribution is -2.28. The molecule has 0 bridgehead atoms. The molecule has 134 valence electrons. The molecule has 5 nitrogen and oxygen atoms in total. The fourth-order valence-electron chi connectivity index (χ4n) is 2.06. The van der Waals surface area contributed by atoms with E-state index in [1.807, 2.05) is 37.3 Å². The van der Waals surface area contributed by atoms with E-state index in [1.165, 1.54) is 11.1 Å². The first-order valence-corrected chi connectivity index (χ1v) is 8.43. The van der Waals surface area contributed by atoms with Gasteiger partial charge < -0.3 is 16.4 Å². The molecule has 0 radical (unpaired) electrons. The van der Waals surface area contributed by atoms with Crippen molar-refractivity contribution in [1.82, 2.24) is 5.32 Å². The van der Waals surface area contributed by atoms with Crippen LogP contribution >= 0.6 is 39.9 Å². The first kappa shape index (κ1) is 21.4. The van der Waals surface area contributed by atoms with Gasteiger partial charge in [0.15, 0.2) is 5.96 Å². The van der Waals surface area contributed by atoms with E-state index in [0.29, 0.717) is 24.6 Å². The predicted octanol–water partition coefficient (Wildman–Crippen LogP) is 3.84. The normalized spacial score (nSPS) is 10.8. The number of carbonyl (C=O) groups excluding carboxylic acids is 1. The Morgan fingerprint density at radius 3 is 2.44 bits per heavy atom. The summed E-state index contributed by atoms with van der Waals surface area (Å²) in [6.45, 7) is 4.94. The number of halogens is 2. The number of nitrogens with one attached hydrogen (secondary N) is 2. The van der Waals surface area contributed by atoms with Crippen molar-refractivity contribution in [2.75, 3.05) is 18.4 Å². The van der Waals surface area contributed by atoms with Crippen LogP contribution in [0.3, 0.4) is 0 Å². The summed E-state index contributed by atoms with van der Waals surface area (Å²) in [6, 6.07) is 13.2. The second-order valence-electron chi connectivity index (χ2n) is 5.45. The maximum atomic E-state index is 11.9. The van der Waals surface area contributed by atoms with Crippen LogP contribution < -0.4 is 16.4 Å². The van der Waals surface area contributed by atoms with Gasteiger partial charge in [-0.2, -0.15) is 0 Å². The zero-order valence-corrected chi connectivity index (χ0v) is 18.1. The summed E-state index contributed by atoms with van der Waals surface area (Å²) in [5, 5.41) is 5.86. The molecular formula is C18H22BrIN4O. The molecule has 0 spiro atoms. The molecule has 25 heavy (non-hydrogen) atoms. The van der Waals surface area contributed by atoms with Crippen LogP contribution in [0.2, 0.25) is 0 Å². The van der Waals surface area contributed by atoms with E-state index in [9.17, 15) is 4.79 Å². The molecule has 0 saturated heterocycles. The number of benzene rings is 2. The molecule has 0 saturated carbocycles. The number of rotatable bonds is 5. The minimum absolute atomic E-state index is 0. The van der Waals surface area contributed by atoms with Gasteiger partial charge in [0, 0.05) is 22.3 Å². The van der Waals surface area contributed by atoms with E-state index in [4.69, 9.17) is 5.73 Å². The number of hydrogen-bond acceptors (Lipinski definition) is 2. The minimum atomic E-state index is -0.126. The lowest BCUT2D eigenvalue weighted by Gasteiger charge is -2.08. The third-order valence-corrected chi connectivity index (χ3v) is 4.09. The van der Waals surface area contributed by atoms with Crippen LogP contribution in [-0.2, 0) is 0 Å². The monoisotopic (exact) mass is 516 g/mol. The standard InChI is InChI=1S/C18H21BrN4O.HI/c1-12-3-8-16(11-13(12)2)23-18(20)22-10-9-21-17(24)14-4-6-15(19)7-5-14;/h3-8,11H,9-10H2,1-2H3,(H,21,24)(H3,20,22,23);1H. The van der Waals surface area contributed by atoms with E-state index in [2.05, 4.69) is 38.5 Å². The lowest BCUT2D eigenvalue weighted by atomic mass is 10.1. The van der Waals surface area contributed by atoms with E-state index in [0.717, 1.165) is 10.2 Å². The predicted molar refractivity (Wildman–Crippen MR) is 118 cm³/mol. The Morgan fingerprint density at radius 1 is 1.12 bits per heavy atom. The van der Waals surface area contributed by atoms with E-state index in [-0.39, 0.29) is 29.9 Å². The Bertz CT molecular complexity index is 747. The molecule has 2 aromatic rings. The first-order chi connectivity index (χ1) is 11.5. The molecule has 2 aromatic carbocycles. The van der Waals surface area contributed by atoms with Gasteiger partial charge >= 0.3 is 0 Å². The Hall–Kier alpha value is -1.61. The maximum absolute atomic E-state index is 11.9. The van der Waals surface area contributed by atoms with Crippen LogP contribution in [0, 0.1) is 13.8 Å². The topological polar surface area (TPSA) is 79.5 Å². The van der Waals surface area contributed by atoms with Gasteiger partial charge in [-0.1, -0.05) is 22.0 Å². The SMILES string of the molecule is Cc1ccc(NC(N)=NCCNC(=O)c2ccc(Br)cc2)cc1C.I. The second kappa shape index (κ2) is 10.4. The van der Waals surface area contributed by atoms with Crippen molar-refractivity contribution >= 4 is 57.5 Å².